The minimum Gasteiger partial charge on any atom is -0.365 e. The van der Waals surface area contributed by atoms with E-state index in [9.17, 15) is 13.2 Å². The summed E-state index contributed by atoms with van der Waals surface area (Å²) in [6, 6.07) is 9.89. The van der Waals surface area contributed by atoms with E-state index in [4.69, 9.17) is 4.74 Å². The number of carbonyl (C=O) groups excluding carboxylic acids is 1. The second kappa shape index (κ2) is 7.31. The molecule has 3 aliphatic rings. The number of hydrogen-bond acceptors (Lipinski definition) is 4. The van der Waals surface area contributed by atoms with Gasteiger partial charge in [0.25, 0.3) is 0 Å². The van der Waals surface area contributed by atoms with E-state index in [0.29, 0.717) is 39.1 Å². The number of amides is 2. The summed E-state index contributed by atoms with van der Waals surface area (Å²) in [5.41, 5.74) is 0.391. The van der Waals surface area contributed by atoms with Crippen LogP contribution in [0.1, 0.15) is 25.8 Å². The van der Waals surface area contributed by atoms with Crippen LogP contribution in [0, 0.1) is 5.92 Å². The molecule has 2 amide bonds. The van der Waals surface area contributed by atoms with Gasteiger partial charge in [-0.05, 0) is 24.3 Å². The highest BCUT2D eigenvalue weighted by atomic mass is 32.2. The van der Waals surface area contributed by atoms with Crippen molar-refractivity contribution >= 4 is 16.1 Å². The molecule has 1 aromatic carbocycles. The lowest BCUT2D eigenvalue weighted by atomic mass is 9.99. The van der Waals surface area contributed by atoms with Crippen LogP contribution in [-0.2, 0) is 21.2 Å². The van der Waals surface area contributed by atoms with Crippen LogP contribution in [-0.4, -0.2) is 73.3 Å². The van der Waals surface area contributed by atoms with Gasteiger partial charge in [-0.3, -0.25) is 0 Å². The van der Waals surface area contributed by atoms with Crippen LogP contribution in [0.3, 0.4) is 0 Å². The van der Waals surface area contributed by atoms with Crippen LogP contribution in [0.15, 0.2) is 30.3 Å². The summed E-state index contributed by atoms with van der Waals surface area (Å²) in [5.74, 6) is 0.252. The van der Waals surface area contributed by atoms with Crippen molar-refractivity contribution in [3.63, 3.8) is 0 Å². The Balaban J connectivity index is 1.40. The van der Waals surface area contributed by atoms with Gasteiger partial charge in [-0.25, -0.2) is 13.2 Å². The van der Waals surface area contributed by atoms with Crippen molar-refractivity contribution in [3.05, 3.63) is 35.9 Å². The maximum atomic E-state index is 13.0. The first kappa shape index (κ1) is 19.7. The summed E-state index contributed by atoms with van der Waals surface area (Å²) in [4.78, 5) is 14.5. The minimum absolute atomic E-state index is 0.135. The molecule has 3 atom stereocenters. The second-order valence-corrected chi connectivity index (χ2v) is 10.7. The van der Waals surface area contributed by atoms with Crippen molar-refractivity contribution in [2.45, 2.75) is 43.6 Å². The monoisotopic (exact) mass is 407 g/mol. The third-order valence-corrected chi connectivity index (χ3v) is 8.24. The Morgan fingerprint density at radius 3 is 2.75 bits per heavy atom. The number of sulfonamides is 1. The molecule has 154 valence electrons. The van der Waals surface area contributed by atoms with Gasteiger partial charge in [-0.15, -0.1) is 0 Å². The van der Waals surface area contributed by atoms with Gasteiger partial charge in [-0.2, -0.15) is 4.31 Å². The van der Waals surface area contributed by atoms with Gasteiger partial charge < -0.3 is 15.0 Å². The maximum Gasteiger partial charge on any atom is 0.317 e. The predicted octanol–water partition coefficient (Wildman–Crippen LogP) is 1.45. The lowest BCUT2D eigenvalue weighted by Crippen LogP contribution is -2.58. The fraction of sp³-hybridized carbons (Fsp3) is 0.650. The largest absolute Gasteiger partial charge is 0.365 e. The molecule has 3 aliphatic heterocycles. The molecule has 2 bridgehead atoms. The Hall–Kier alpha value is -1.64. The zero-order valence-corrected chi connectivity index (χ0v) is 17.3. The quantitative estimate of drug-likeness (QED) is 0.801. The topological polar surface area (TPSA) is 79.0 Å². The molecule has 1 spiro atoms. The van der Waals surface area contributed by atoms with Gasteiger partial charge in [0.2, 0.25) is 10.0 Å². The molecule has 4 rings (SSSR count). The standard InChI is InChI=1S/C20H29N3O4S/c1-15(2)11-23-14-20-13-22(12-17(27-20)10-18(20)28(23,25)26)19(24)21-9-8-16-6-4-3-5-7-16/h3-7,15,17-18H,8-14H2,1-2H3,(H,21,24)/t17-,18+,20+/m1/s1. The molecule has 3 saturated heterocycles. The summed E-state index contributed by atoms with van der Waals surface area (Å²) in [6.07, 6.45) is 1.05. The van der Waals surface area contributed by atoms with Gasteiger partial charge in [0, 0.05) is 26.2 Å². The Bertz CT molecular complexity index is 829. The molecule has 0 radical (unpaired) electrons. The molecule has 8 heteroatoms. The van der Waals surface area contributed by atoms with E-state index < -0.39 is 20.9 Å². The molecular weight excluding hydrogens is 378 g/mol. The van der Waals surface area contributed by atoms with E-state index in [1.807, 2.05) is 44.2 Å². The first-order chi connectivity index (χ1) is 13.3. The average Bonchev–Trinajstić information content (AvgIpc) is 3.01. The van der Waals surface area contributed by atoms with Crippen LogP contribution in [0.2, 0.25) is 0 Å². The molecule has 3 fully saturated rings. The first-order valence-corrected chi connectivity index (χ1v) is 11.5. The number of morpholine rings is 1. The van der Waals surface area contributed by atoms with Crippen LogP contribution < -0.4 is 5.32 Å². The Morgan fingerprint density at radius 2 is 2.04 bits per heavy atom. The van der Waals surface area contributed by atoms with Gasteiger partial charge >= 0.3 is 6.03 Å². The fourth-order valence-electron chi connectivity index (χ4n) is 4.75. The number of carbonyl (C=O) groups is 1. The lowest BCUT2D eigenvalue weighted by molar-refractivity contribution is -0.0957. The van der Waals surface area contributed by atoms with Crippen LogP contribution >= 0.6 is 0 Å². The van der Waals surface area contributed by atoms with Crippen molar-refractivity contribution in [1.82, 2.24) is 14.5 Å². The molecule has 3 heterocycles. The third-order valence-electron chi connectivity index (χ3n) is 5.90. The molecule has 0 aromatic heterocycles. The number of rotatable bonds is 5. The van der Waals surface area contributed by atoms with E-state index in [-0.39, 0.29) is 18.1 Å². The molecule has 7 nitrogen and oxygen atoms in total. The van der Waals surface area contributed by atoms with E-state index in [1.165, 1.54) is 5.56 Å². The predicted molar refractivity (Wildman–Crippen MR) is 106 cm³/mol. The van der Waals surface area contributed by atoms with Crippen LogP contribution in [0.5, 0.6) is 0 Å². The van der Waals surface area contributed by atoms with E-state index in [2.05, 4.69) is 5.32 Å². The Morgan fingerprint density at radius 1 is 1.29 bits per heavy atom. The average molecular weight is 408 g/mol. The Kier molecular flexibility index (Phi) is 5.14. The van der Waals surface area contributed by atoms with Gasteiger partial charge in [0.05, 0.1) is 12.6 Å². The molecule has 0 saturated carbocycles. The van der Waals surface area contributed by atoms with Crippen molar-refractivity contribution in [2.24, 2.45) is 5.92 Å². The van der Waals surface area contributed by atoms with E-state index >= 15 is 0 Å². The van der Waals surface area contributed by atoms with Crippen molar-refractivity contribution in [1.29, 1.82) is 0 Å². The fourth-order valence-corrected chi connectivity index (χ4v) is 7.21. The number of urea groups is 1. The molecule has 28 heavy (non-hydrogen) atoms. The number of hydrogen-bond donors (Lipinski definition) is 1. The minimum atomic E-state index is -3.38. The van der Waals surface area contributed by atoms with Crippen molar-refractivity contribution < 1.29 is 17.9 Å². The number of ether oxygens (including phenoxy) is 1. The number of benzene rings is 1. The molecule has 0 unspecified atom stereocenters. The Labute approximate surface area is 167 Å². The molecule has 1 N–H and O–H groups in total. The highest BCUT2D eigenvalue weighted by Crippen LogP contribution is 2.46. The molecule has 0 aliphatic carbocycles. The van der Waals surface area contributed by atoms with Gasteiger partial charge in [-0.1, -0.05) is 44.2 Å². The third kappa shape index (κ3) is 3.53. The van der Waals surface area contributed by atoms with Crippen LogP contribution in [0.25, 0.3) is 0 Å². The number of likely N-dealkylation sites (tertiary alicyclic amines) is 1. The van der Waals surface area contributed by atoms with E-state index in [1.54, 1.807) is 9.21 Å². The SMILES string of the molecule is CC(C)CN1C[C@@]23CN(C(=O)NCCc4ccccc4)C[C@@H](C[C@@H]2S1(=O)=O)O3. The first-order valence-electron chi connectivity index (χ1n) is 10.0. The summed E-state index contributed by atoms with van der Waals surface area (Å²) in [5, 5.41) is 2.44. The smallest absolute Gasteiger partial charge is 0.317 e. The van der Waals surface area contributed by atoms with Crippen molar-refractivity contribution in [3.8, 4) is 0 Å². The molecule has 1 aromatic rings. The number of fused-ring (bicyclic) bond motifs is 1. The normalized spacial score (nSPS) is 31.2. The van der Waals surface area contributed by atoms with Crippen molar-refractivity contribution in [2.75, 3.05) is 32.7 Å². The lowest BCUT2D eigenvalue weighted by Gasteiger charge is -2.39. The zero-order chi connectivity index (χ0) is 19.9. The molecular formula is C20H29N3O4S. The number of nitrogens with zero attached hydrogens (tertiary/aromatic N) is 2. The number of nitrogens with one attached hydrogen (secondary N) is 1. The summed E-state index contributed by atoms with van der Waals surface area (Å²) in [6.45, 7) is 6.21. The van der Waals surface area contributed by atoms with Gasteiger partial charge in [0.1, 0.15) is 10.9 Å². The van der Waals surface area contributed by atoms with E-state index in [0.717, 1.165) is 6.42 Å². The zero-order valence-electron chi connectivity index (χ0n) is 16.5. The second-order valence-electron chi connectivity index (χ2n) is 8.61. The highest BCUT2D eigenvalue weighted by molar-refractivity contribution is 7.90. The van der Waals surface area contributed by atoms with Crippen LogP contribution in [0.4, 0.5) is 4.79 Å². The maximum absolute atomic E-state index is 13.0. The summed E-state index contributed by atoms with van der Waals surface area (Å²) >= 11 is 0. The summed E-state index contributed by atoms with van der Waals surface area (Å²) in [7, 11) is -3.38. The summed E-state index contributed by atoms with van der Waals surface area (Å²) < 4.78 is 33.7. The highest BCUT2D eigenvalue weighted by Gasteiger charge is 2.65. The van der Waals surface area contributed by atoms with Gasteiger partial charge in [0.15, 0.2) is 0 Å².